The molecule has 8 nitrogen and oxygen atoms in total. The molecule has 0 aliphatic carbocycles. The summed E-state index contributed by atoms with van der Waals surface area (Å²) >= 11 is 0. The van der Waals surface area contributed by atoms with Crippen molar-refractivity contribution in [3.8, 4) is 22.5 Å². The molecule has 0 N–H and O–H groups in total. The molecular formula is C31H35N7O. The molecule has 0 amide bonds. The minimum atomic E-state index is 0.0772. The first kappa shape index (κ1) is 25.2. The van der Waals surface area contributed by atoms with Gasteiger partial charge in [-0.25, -0.2) is 4.68 Å². The van der Waals surface area contributed by atoms with Crippen molar-refractivity contribution in [1.82, 2.24) is 29.4 Å². The Morgan fingerprint density at radius 3 is 2.62 bits per heavy atom. The lowest BCUT2D eigenvalue weighted by molar-refractivity contribution is 0.0873. The number of Topliss-reactive ketones (excluding diaryl/α,β-unsaturated/α-hetero) is 1. The molecular weight excluding hydrogens is 486 g/mol. The molecule has 5 heterocycles. The molecule has 0 unspecified atom stereocenters. The van der Waals surface area contributed by atoms with Gasteiger partial charge in [-0.3, -0.25) is 19.4 Å². The Hall–Kier alpha value is -4.04. The van der Waals surface area contributed by atoms with Gasteiger partial charge < -0.3 is 4.90 Å². The number of allylic oxidation sites excluding steroid dienone is 1. The molecule has 0 spiro atoms. The monoisotopic (exact) mass is 521 g/mol. The number of fused-ring (bicyclic) bond motifs is 1. The smallest absolute Gasteiger partial charge is 0.197 e. The standard InChI is InChI=1S/C31H35N7O/c1-35-18-10-11-20-38-31(35)29(24-12-4-2-5-13-24)30(34-38)28(39)23-36-19-9-3-6-14-25(36)22-37-21-16-27(33-37)26-15-7-8-17-32-26/h2,4-5,7-8,10-13,15-17,21,25H,3,6,9,14,18-20,22-23H2,1H3/t25-/m0/s1. The molecule has 1 saturated heterocycles. The Labute approximate surface area is 229 Å². The fraction of sp³-hybridized carbons (Fsp3) is 0.355. The molecule has 3 aromatic heterocycles. The molecule has 4 aromatic rings. The minimum Gasteiger partial charge on any atom is -0.356 e. The summed E-state index contributed by atoms with van der Waals surface area (Å²) in [4.78, 5) is 23.0. The van der Waals surface area contributed by atoms with Gasteiger partial charge in [-0.1, -0.05) is 61.4 Å². The van der Waals surface area contributed by atoms with Crippen molar-refractivity contribution in [3.05, 3.63) is 84.8 Å². The number of likely N-dealkylation sites (tertiary alicyclic amines) is 1. The van der Waals surface area contributed by atoms with Crippen LogP contribution in [0, 0.1) is 0 Å². The van der Waals surface area contributed by atoms with E-state index in [9.17, 15) is 4.79 Å². The number of rotatable bonds is 7. The van der Waals surface area contributed by atoms with Crippen molar-refractivity contribution >= 4 is 11.6 Å². The third kappa shape index (κ3) is 5.43. The number of hydrogen-bond donors (Lipinski definition) is 0. The van der Waals surface area contributed by atoms with Crippen LogP contribution in [-0.2, 0) is 13.1 Å². The lowest BCUT2D eigenvalue weighted by Crippen LogP contribution is -2.41. The van der Waals surface area contributed by atoms with Crippen LogP contribution in [0.4, 0.5) is 5.82 Å². The molecule has 0 bridgehead atoms. The second-order valence-electron chi connectivity index (χ2n) is 10.5. The maximum atomic E-state index is 14.0. The molecule has 0 saturated carbocycles. The van der Waals surface area contributed by atoms with Crippen molar-refractivity contribution in [3.63, 3.8) is 0 Å². The molecule has 200 valence electrons. The largest absolute Gasteiger partial charge is 0.356 e. The van der Waals surface area contributed by atoms with Gasteiger partial charge in [0.15, 0.2) is 5.78 Å². The van der Waals surface area contributed by atoms with Crippen LogP contribution in [-0.4, -0.2) is 68.0 Å². The van der Waals surface area contributed by atoms with Gasteiger partial charge >= 0.3 is 0 Å². The highest BCUT2D eigenvalue weighted by molar-refractivity contribution is 6.04. The summed E-state index contributed by atoms with van der Waals surface area (Å²) in [5.74, 6) is 1.08. The highest BCUT2D eigenvalue weighted by atomic mass is 16.1. The van der Waals surface area contributed by atoms with Crippen molar-refractivity contribution in [2.45, 2.75) is 44.8 Å². The Kier molecular flexibility index (Phi) is 7.36. The van der Waals surface area contributed by atoms with Crippen molar-refractivity contribution in [1.29, 1.82) is 0 Å². The van der Waals surface area contributed by atoms with Crippen molar-refractivity contribution in [2.75, 3.05) is 31.6 Å². The first-order valence-electron chi connectivity index (χ1n) is 13.9. The SMILES string of the molecule is CN1CC=CCn2nc(C(=O)CN3CCCCC[C@H]3Cn3ccc(-c4ccccn4)n3)c(-c3ccccc3)c21. The van der Waals surface area contributed by atoms with E-state index < -0.39 is 0 Å². The Balaban J connectivity index is 1.27. The third-order valence-corrected chi connectivity index (χ3v) is 7.75. The zero-order chi connectivity index (χ0) is 26.6. The number of anilines is 1. The predicted octanol–water partition coefficient (Wildman–Crippen LogP) is 4.94. The average molecular weight is 522 g/mol. The van der Waals surface area contributed by atoms with Gasteiger partial charge in [-0.15, -0.1) is 0 Å². The topological polar surface area (TPSA) is 72.1 Å². The van der Waals surface area contributed by atoms with Crippen LogP contribution in [0.2, 0.25) is 0 Å². The van der Waals surface area contributed by atoms with Crippen molar-refractivity contribution < 1.29 is 4.79 Å². The second-order valence-corrected chi connectivity index (χ2v) is 10.5. The van der Waals surface area contributed by atoms with E-state index in [0.717, 1.165) is 67.2 Å². The van der Waals surface area contributed by atoms with E-state index in [1.807, 2.05) is 58.0 Å². The summed E-state index contributed by atoms with van der Waals surface area (Å²) in [6.07, 6.45) is 12.6. The number of aromatic nitrogens is 5. The zero-order valence-corrected chi connectivity index (χ0v) is 22.5. The van der Waals surface area contributed by atoms with Gasteiger partial charge in [0, 0.05) is 32.0 Å². The van der Waals surface area contributed by atoms with Crippen LogP contribution in [0.25, 0.3) is 22.5 Å². The molecule has 2 aliphatic rings. The maximum Gasteiger partial charge on any atom is 0.197 e. The lowest BCUT2D eigenvalue weighted by atomic mass is 10.0. The highest BCUT2D eigenvalue weighted by Crippen LogP contribution is 2.35. The van der Waals surface area contributed by atoms with E-state index in [2.05, 4.69) is 46.1 Å². The molecule has 0 radical (unpaired) electrons. The summed E-state index contributed by atoms with van der Waals surface area (Å²) in [6.45, 7) is 3.46. The molecule has 1 fully saturated rings. The number of benzene rings is 1. The summed E-state index contributed by atoms with van der Waals surface area (Å²) in [7, 11) is 2.07. The van der Waals surface area contributed by atoms with Crippen molar-refractivity contribution in [2.24, 2.45) is 0 Å². The number of pyridine rings is 1. The zero-order valence-electron chi connectivity index (χ0n) is 22.5. The number of hydrogen-bond acceptors (Lipinski definition) is 6. The Morgan fingerprint density at radius 1 is 0.923 bits per heavy atom. The second kappa shape index (κ2) is 11.4. The van der Waals surface area contributed by atoms with Crippen LogP contribution in [0.5, 0.6) is 0 Å². The van der Waals surface area contributed by atoms with Crippen LogP contribution < -0.4 is 4.90 Å². The third-order valence-electron chi connectivity index (χ3n) is 7.75. The molecule has 2 aliphatic heterocycles. The average Bonchev–Trinajstić information content (AvgIpc) is 3.48. The van der Waals surface area contributed by atoms with Gasteiger partial charge in [0.2, 0.25) is 0 Å². The number of carbonyl (C=O) groups excluding carboxylic acids is 1. The molecule has 1 aromatic carbocycles. The number of likely N-dealkylation sites (N-methyl/N-ethyl adjacent to an activating group) is 1. The van der Waals surface area contributed by atoms with E-state index in [-0.39, 0.29) is 11.8 Å². The molecule has 39 heavy (non-hydrogen) atoms. The first-order chi connectivity index (χ1) is 19.2. The summed E-state index contributed by atoms with van der Waals surface area (Å²) in [5.41, 5.74) is 4.28. The fourth-order valence-corrected chi connectivity index (χ4v) is 5.77. The summed E-state index contributed by atoms with van der Waals surface area (Å²) in [6, 6.07) is 18.3. The van der Waals surface area contributed by atoms with E-state index in [1.165, 1.54) is 6.42 Å². The number of ketones is 1. The Morgan fingerprint density at radius 2 is 1.77 bits per heavy atom. The van der Waals surface area contributed by atoms with E-state index in [1.54, 1.807) is 6.20 Å². The van der Waals surface area contributed by atoms with Crippen LogP contribution in [0.1, 0.15) is 36.2 Å². The Bertz CT molecular complexity index is 1440. The van der Waals surface area contributed by atoms with Gasteiger partial charge in [-0.2, -0.15) is 10.2 Å². The first-order valence-corrected chi connectivity index (χ1v) is 13.9. The van der Waals surface area contributed by atoms with Gasteiger partial charge in [0.25, 0.3) is 0 Å². The molecule has 1 atom stereocenters. The quantitative estimate of drug-likeness (QED) is 0.253. The summed E-state index contributed by atoms with van der Waals surface area (Å²) in [5, 5.41) is 9.70. The van der Waals surface area contributed by atoms with E-state index >= 15 is 0 Å². The highest BCUT2D eigenvalue weighted by Gasteiger charge is 2.30. The maximum absolute atomic E-state index is 14.0. The fourth-order valence-electron chi connectivity index (χ4n) is 5.77. The normalized spacial score (nSPS) is 18.0. The minimum absolute atomic E-state index is 0.0772. The van der Waals surface area contributed by atoms with Crippen LogP contribution >= 0.6 is 0 Å². The number of nitrogens with zero attached hydrogens (tertiary/aromatic N) is 7. The predicted molar refractivity (Wildman–Crippen MR) is 154 cm³/mol. The van der Waals surface area contributed by atoms with Crippen LogP contribution in [0.3, 0.4) is 0 Å². The lowest BCUT2D eigenvalue weighted by Gasteiger charge is -2.29. The van der Waals surface area contributed by atoms with E-state index in [0.29, 0.717) is 18.8 Å². The molecule has 8 heteroatoms. The van der Waals surface area contributed by atoms with Gasteiger partial charge in [0.05, 0.1) is 30.9 Å². The van der Waals surface area contributed by atoms with E-state index in [4.69, 9.17) is 10.2 Å². The number of carbonyl (C=O) groups is 1. The van der Waals surface area contributed by atoms with Crippen LogP contribution in [0.15, 0.2) is 79.1 Å². The molecule has 6 rings (SSSR count). The summed E-state index contributed by atoms with van der Waals surface area (Å²) < 4.78 is 3.98. The van der Waals surface area contributed by atoms with Gasteiger partial charge in [-0.05, 0) is 43.1 Å². The van der Waals surface area contributed by atoms with Gasteiger partial charge in [0.1, 0.15) is 17.2 Å².